The maximum atomic E-state index is 11.8. The van der Waals surface area contributed by atoms with Gasteiger partial charge in [-0.3, -0.25) is 14.9 Å². The number of carbonyl (C=O) groups excluding carboxylic acids is 2. The molecule has 1 atom stereocenters. The van der Waals surface area contributed by atoms with Crippen LogP contribution < -0.4 is 10.1 Å². The highest BCUT2D eigenvalue weighted by Gasteiger charge is 2.28. The lowest BCUT2D eigenvalue weighted by molar-refractivity contribution is -0.130. The van der Waals surface area contributed by atoms with Crippen LogP contribution in [0.15, 0.2) is 24.3 Å². The third-order valence-corrected chi connectivity index (χ3v) is 3.05. The molecule has 106 valence electrons. The van der Waals surface area contributed by atoms with E-state index in [-0.39, 0.29) is 5.91 Å². The molecule has 4 heteroatoms. The number of carbonyl (C=O) groups is 2. The highest BCUT2D eigenvalue weighted by atomic mass is 16.5. The zero-order valence-corrected chi connectivity index (χ0v) is 12.0. The smallest absolute Gasteiger partial charge is 0.244 e. The van der Waals surface area contributed by atoms with Gasteiger partial charge in [0.15, 0.2) is 0 Å². The van der Waals surface area contributed by atoms with Crippen LogP contribution in [0.25, 0.3) is 0 Å². The van der Waals surface area contributed by atoms with Crippen LogP contribution in [-0.4, -0.2) is 18.9 Å². The molecule has 20 heavy (non-hydrogen) atoms. The third-order valence-electron chi connectivity index (χ3n) is 3.05. The Morgan fingerprint density at radius 2 is 2.00 bits per heavy atom. The molecule has 0 aliphatic heterocycles. The van der Waals surface area contributed by atoms with Crippen molar-refractivity contribution < 1.29 is 14.3 Å². The normalized spacial score (nSPS) is 12.6. The number of imide groups is 1. The Labute approximate surface area is 119 Å². The van der Waals surface area contributed by atoms with Crippen molar-refractivity contribution in [1.82, 2.24) is 5.32 Å². The predicted octanol–water partition coefficient (Wildman–Crippen LogP) is 2.13. The minimum Gasteiger partial charge on any atom is -0.494 e. The molecule has 0 spiro atoms. The Bertz CT molecular complexity index is 525. The molecule has 1 aromatic carbocycles. The molecule has 4 nitrogen and oxygen atoms in total. The van der Waals surface area contributed by atoms with Crippen LogP contribution in [-0.2, 0) is 9.59 Å². The fraction of sp³-hybridized carbons (Fsp3) is 0.375. The van der Waals surface area contributed by atoms with Crippen molar-refractivity contribution in [2.45, 2.75) is 27.2 Å². The van der Waals surface area contributed by atoms with Crippen molar-refractivity contribution in [3.63, 3.8) is 0 Å². The summed E-state index contributed by atoms with van der Waals surface area (Å²) >= 11 is 0. The summed E-state index contributed by atoms with van der Waals surface area (Å²) in [6, 6.07) is 7.35. The lowest BCUT2D eigenvalue weighted by atomic mass is 9.87. The second-order valence-corrected chi connectivity index (χ2v) is 4.48. The highest BCUT2D eigenvalue weighted by Crippen LogP contribution is 2.20. The third kappa shape index (κ3) is 4.13. The molecule has 0 saturated heterocycles. The molecular weight excluding hydrogens is 254 g/mol. The molecule has 0 aliphatic rings. The van der Waals surface area contributed by atoms with Gasteiger partial charge in [-0.2, -0.15) is 0 Å². The van der Waals surface area contributed by atoms with E-state index in [1.54, 1.807) is 6.92 Å². The van der Waals surface area contributed by atoms with Gasteiger partial charge in [-0.1, -0.05) is 18.8 Å². The molecule has 0 bridgehead atoms. The van der Waals surface area contributed by atoms with Crippen molar-refractivity contribution >= 4 is 12.3 Å². The number of benzene rings is 1. The monoisotopic (exact) mass is 273 g/mol. The number of hydrogen-bond donors (Lipinski definition) is 1. The summed E-state index contributed by atoms with van der Waals surface area (Å²) in [4.78, 5) is 22.1. The van der Waals surface area contributed by atoms with E-state index in [0.717, 1.165) is 11.3 Å². The van der Waals surface area contributed by atoms with E-state index < -0.39 is 5.41 Å². The quantitative estimate of drug-likeness (QED) is 0.660. The Hall–Kier alpha value is -2.28. The molecule has 1 rings (SSSR count). The van der Waals surface area contributed by atoms with E-state index >= 15 is 0 Å². The molecule has 0 aliphatic carbocycles. The van der Waals surface area contributed by atoms with Gasteiger partial charge in [0.2, 0.25) is 12.3 Å². The molecular formula is C16H19NO3. The van der Waals surface area contributed by atoms with Gasteiger partial charge < -0.3 is 4.74 Å². The molecule has 0 heterocycles. The number of amides is 2. The van der Waals surface area contributed by atoms with Gasteiger partial charge in [-0.05, 0) is 44.5 Å². The summed E-state index contributed by atoms with van der Waals surface area (Å²) in [7, 11) is 0. The fourth-order valence-corrected chi connectivity index (χ4v) is 1.53. The van der Waals surface area contributed by atoms with Crippen LogP contribution in [0.2, 0.25) is 0 Å². The minimum absolute atomic E-state index is 0.381. The van der Waals surface area contributed by atoms with E-state index in [1.807, 2.05) is 38.1 Å². The Morgan fingerprint density at radius 3 is 2.50 bits per heavy atom. The van der Waals surface area contributed by atoms with E-state index in [9.17, 15) is 9.59 Å². The Kier molecular flexibility index (Phi) is 5.79. The molecule has 2 amide bonds. The van der Waals surface area contributed by atoms with Gasteiger partial charge in [-0.25, -0.2) is 0 Å². The second-order valence-electron chi connectivity index (χ2n) is 4.48. The van der Waals surface area contributed by atoms with Crippen LogP contribution in [0.1, 0.15) is 32.8 Å². The molecule has 0 saturated carbocycles. The van der Waals surface area contributed by atoms with Gasteiger partial charge in [-0.15, -0.1) is 0 Å². The predicted molar refractivity (Wildman–Crippen MR) is 77.1 cm³/mol. The van der Waals surface area contributed by atoms with Gasteiger partial charge in [0, 0.05) is 5.56 Å². The van der Waals surface area contributed by atoms with Gasteiger partial charge in [0.1, 0.15) is 11.2 Å². The molecule has 0 fully saturated rings. The summed E-state index contributed by atoms with van der Waals surface area (Å²) in [5.41, 5.74) is -0.0773. The molecule has 0 radical (unpaired) electrons. The van der Waals surface area contributed by atoms with Gasteiger partial charge in [0.05, 0.1) is 6.61 Å². The average Bonchev–Trinajstić information content (AvgIpc) is 2.47. The van der Waals surface area contributed by atoms with Crippen molar-refractivity contribution in [2.75, 3.05) is 6.61 Å². The molecule has 1 aromatic rings. The number of ether oxygens (including phenoxy) is 1. The lowest BCUT2D eigenvalue weighted by Crippen LogP contribution is -2.36. The molecule has 0 aromatic heterocycles. The number of nitrogens with one attached hydrogen (secondary N) is 1. The van der Waals surface area contributed by atoms with Crippen LogP contribution in [0.4, 0.5) is 0 Å². The van der Waals surface area contributed by atoms with E-state index in [4.69, 9.17) is 4.74 Å². The Morgan fingerprint density at radius 1 is 1.35 bits per heavy atom. The maximum absolute atomic E-state index is 11.8. The first-order valence-corrected chi connectivity index (χ1v) is 6.56. The van der Waals surface area contributed by atoms with E-state index in [0.29, 0.717) is 19.4 Å². The maximum Gasteiger partial charge on any atom is 0.244 e. The first kappa shape index (κ1) is 15.8. The Balaban J connectivity index is 2.90. The van der Waals surface area contributed by atoms with Crippen molar-refractivity contribution in [3.8, 4) is 17.6 Å². The van der Waals surface area contributed by atoms with Gasteiger partial charge in [0.25, 0.3) is 0 Å². The zero-order valence-electron chi connectivity index (χ0n) is 12.0. The van der Waals surface area contributed by atoms with Gasteiger partial charge >= 0.3 is 0 Å². The standard InChI is InChI=1S/C16H19NO3/c1-4-16(3,15(19)17-12-18)11-10-13-6-8-14(9-7-13)20-5-2/h6-9,12H,4-5H2,1-3H3,(H,17,18,19)/t16-/m0/s1. The van der Waals surface area contributed by atoms with E-state index in [1.165, 1.54) is 0 Å². The number of hydrogen-bond acceptors (Lipinski definition) is 3. The minimum atomic E-state index is -0.875. The van der Waals surface area contributed by atoms with Crippen molar-refractivity contribution in [1.29, 1.82) is 0 Å². The highest BCUT2D eigenvalue weighted by molar-refractivity contribution is 5.92. The van der Waals surface area contributed by atoms with Crippen molar-refractivity contribution in [2.24, 2.45) is 5.41 Å². The van der Waals surface area contributed by atoms with Crippen LogP contribution in [0.5, 0.6) is 5.75 Å². The summed E-state index contributed by atoms with van der Waals surface area (Å²) < 4.78 is 5.35. The summed E-state index contributed by atoms with van der Waals surface area (Å²) in [6.07, 6.45) is 0.908. The SMILES string of the molecule is CCOc1ccc(C#C[C@](C)(CC)C(=O)NC=O)cc1. The first-order chi connectivity index (χ1) is 9.55. The largest absolute Gasteiger partial charge is 0.494 e. The summed E-state index contributed by atoms with van der Waals surface area (Å²) in [6.45, 7) is 6.11. The molecule has 0 unspecified atom stereocenters. The van der Waals surface area contributed by atoms with Crippen LogP contribution in [0.3, 0.4) is 0 Å². The average molecular weight is 273 g/mol. The lowest BCUT2D eigenvalue weighted by Gasteiger charge is -2.18. The topological polar surface area (TPSA) is 55.4 Å². The zero-order chi connectivity index (χ0) is 15.0. The second kappa shape index (κ2) is 7.34. The fourth-order valence-electron chi connectivity index (χ4n) is 1.53. The molecule has 1 N–H and O–H groups in total. The van der Waals surface area contributed by atoms with Crippen LogP contribution >= 0.6 is 0 Å². The summed E-state index contributed by atoms with van der Waals surface area (Å²) in [5.74, 6) is 6.30. The number of rotatable bonds is 5. The first-order valence-electron chi connectivity index (χ1n) is 6.56. The summed E-state index contributed by atoms with van der Waals surface area (Å²) in [5, 5.41) is 2.16. The van der Waals surface area contributed by atoms with E-state index in [2.05, 4.69) is 17.2 Å². The van der Waals surface area contributed by atoms with Crippen molar-refractivity contribution in [3.05, 3.63) is 29.8 Å². The van der Waals surface area contributed by atoms with Crippen LogP contribution in [0, 0.1) is 17.3 Å².